The van der Waals surface area contributed by atoms with Crippen molar-refractivity contribution in [3.8, 4) is 0 Å². The van der Waals surface area contributed by atoms with Crippen molar-refractivity contribution in [2.24, 2.45) is 0 Å². The number of nitrogens with one attached hydrogen (secondary N) is 2. The molecule has 0 bridgehead atoms. The van der Waals surface area contributed by atoms with E-state index >= 15 is 0 Å². The van der Waals surface area contributed by atoms with Crippen LogP contribution in [0.25, 0.3) is 0 Å². The molecule has 2 aromatic carbocycles. The topological polar surface area (TPSA) is 42.5 Å². The summed E-state index contributed by atoms with van der Waals surface area (Å²) >= 11 is 0. The molecule has 3 unspecified atom stereocenters. The van der Waals surface area contributed by atoms with Crippen molar-refractivity contribution < 1.29 is 9.47 Å². The summed E-state index contributed by atoms with van der Waals surface area (Å²) in [6.07, 6.45) is 5.21. The highest BCUT2D eigenvalue weighted by atomic mass is 16.5. The summed E-state index contributed by atoms with van der Waals surface area (Å²) in [5.41, 5.74) is 5.07. The molecular weight excluding hydrogens is 444 g/mol. The van der Waals surface area contributed by atoms with Crippen molar-refractivity contribution in [2.45, 2.75) is 119 Å². The van der Waals surface area contributed by atoms with Crippen molar-refractivity contribution in [1.29, 1.82) is 0 Å². The molecule has 2 N–H and O–H groups in total. The minimum absolute atomic E-state index is 0.390. The van der Waals surface area contributed by atoms with Crippen LogP contribution in [0.15, 0.2) is 48.5 Å². The van der Waals surface area contributed by atoms with Crippen LogP contribution in [0.5, 0.6) is 0 Å². The summed E-state index contributed by atoms with van der Waals surface area (Å²) in [7, 11) is 0. The number of aryl methyl sites for hydroxylation is 2. The van der Waals surface area contributed by atoms with Gasteiger partial charge in [0.2, 0.25) is 0 Å². The molecule has 2 aromatic rings. The highest BCUT2D eigenvalue weighted by Crippen LogP contribution is 2.20. The Hall–Kier alpha value is -2.04. The number of hydrogen-bond donors (Lipinski definition) is 2. The monoisotopic (exact) mass is 500 g/mol. The predicted octanol–water partition coefficient (Wildman–Crippen LogP) is 9.03. The van der Waals surface area contributed by atoms with Gasteiger partial charge in [0.25, 0.3) is 0 Å². The third-order valence-electron chi connectivity index (χ3n) is 5.75. The lowest BCUT2D eigenvalue weighted by molar-refractivity contribution is 0.0230. The molecule has 0 spiro atoms. The number of benzene rings is 2. The van der Waals surface area contributed by atoms with Crippen LogP contribution in [0, 0.1) is 13.8 Å². The van der Waals surface area contributed by atoms with Gasteiger partial charge in [-0.25, -0.2) is 0 Å². The highest BCUT2D eigenvalue weighted by molar-refractivity contribution is 5.47. The van der Waals surface area contributed by atoms with Crippen molar-refractivity contribution in [1.82, 2.24) is 0 Å². The molecule has 36 heavy (non-hydrogen) atoms. The van der Waals surface area contributed by atoms with Gasteiger partial charge < -0.3 is 20.1 Å². The Labute approximate surface area is 223 Å². The largest absolute Gasteiger partial charge is 0.382 e. The van der Waals surface area contributed by atoms with Crippen LogP contribution < -0.4 is 10.6 Å². The fourth-order valence-electron chi connectivity index (χ4n) is 4.20. The Morgan fingerprint density at radius 2 is 0.972 bits per heavy atom. The molecule has 0 radical (unpaired) electrons. The summed E-state index contributed by atoms with van der Waals surface area (Å²) in [6, 6.07) is 18.2. The fraction of sp³-hybridized carbons (Fsp3) is 0.625. The molecule has 0 aromatic heterocycles. The molecule has 2 fully saturated rings. The second-order valence-electron chi connectivity index (χ2n) is 8.83. The summed E-state index contributed by atoms with van der Waals surface area (Å²) in [5.74, 6) is 0. The average Bonchev–Trinajstić information content (AvgIpc) is 2.88. The highest BCUT2D eigenvalue weighted by Gasteiger charge is 2.19. The Morgan fingerprint density at radius 3 is 1.28 bits per heavy atom. The lowest BCUT2D eigenvalue weighted by Gasteiger charge is -2.28. The standard InChI is InChI=1S/2C13H19NO.3C2H6/c2*1-10-4-3-5-12(8-10)14-13-6-7-15-11(2)9-13;3*1-2/h2*3-5,8,11,13-14H,6-7,9H2,1-2H3;3*1-2H3/t11-,13?;;;;/m0..../s1. The SMILES string of the molecule is CC.CC.CC.Cc1cccc(NC2CCOC(C)C2)c1.Cc1cccc(NC2CCO[C@@H](C)C2)c1. The van der Waals surface area contributed by atoms with Crippen LogP contribution in [0.4, 0.5) is 11.4 Å². The van der Waals surface area contributed by atoms with E-state index in [4.69, 9.17) is 9.47 Å². The lowest BCUT2D eigenvalue weighted by atomic mass is 10.0. The Balaban J connectivity index is 0.000000564. The molecule has 206 valence electrons. The second-order valence-corrected chi connectivity index (χ2v) is 8.83. The molecule has 2 aliphatic heterocycles. The van der Waals surface area contributed by atoms with Gasteiger partial charge in [-0.15, -0.1) is 0 Å². The van der Waals surface area contributed by atoms with E-state index in [9.17, 15) is 0 Å². The Bertz CT molecular complexity index is 715. The van der Waals surface area contributed by atoms with E-state index in [2.05, 4.69) is 86.9 Å². The maximum absolute atomic E-state index is 5.53. The molecule has 2 heterocycles. The van der Waals surface area contributed by atoms with Crippen molar-refractivity contribution >= 4 is 11.4 Å². The molecule has 2 aliphatic rings. The maximum Gasteiger partial charge on any atom is 0.0566 e. The molecule has 4 rings (SSSR count). The van der Waals surface area contributed by atoms with Crippen LogP contribution >= 0.6 is 0 Å². The lowest BCUT2D eigenvalue weighted by Crippen LogP contribution is -2.32. The van der Waals surface area contributed by atoms with Crippen molar-refractivity contribution in [3.63, 3.8) is 0 Å². The zero-order chi connectivity index (χ0) is 27.3. The first-order valence-corrected chi connectivity index (χ1v) is 14.4. The first kappa shape index (κ1) is 34.0. The molecule has 0 amide bonds. The number of anilines is 2. The Morgan fingerprint density at radius 1 is 0.611 bits per heavy atom. The molecule has 0 aliphatic carbocycles. The fourth-order valence-corrected chi connectivity index (χ4v) is 4.20. The van der Waals surface area contributed by atoms with Gasteiger partial charge in [-0.2, -0.15) is 0 Å². The van der Waals surface area contributed by atoms with Crippen molar-refractivity contribution in [2.75, 3.05) is 23.8 Å². The van der Waals surface area contributed by atoms with E-state index in [1.165, 1.54) is 22.5 Å². The zero-order valence-corrected chi connectivity index (χ0v) is 25.0. The first-order chi connectivity index (χ1) is 17.5. The van der Waals surface area contributed by atoms with Gasteiger partial charge in [-0.1, -0.05) is 65.8 Å². The van der Waals surface area contributed by atoms with Gasteiger partial charge in [0.15, 0.2) is 0 Å². The normalized spacial score (nSPS) is 22.4. The van der Waals surface area contributed by atoms with Crippen molar-refractivity contribution in [3.05, 3.63) is 59.7 Å². The molecule has 4 atom stereocenters. The van der Waals surface area contributed by atoms with Crippen LogP contribution in [0.2, 0.25) is 0 Å². The first-order valence-electron chi connectivity index (χ1n) is 14.4. The summed E-state index contributed by atoms with van der Waals surface area (Å²) < 4.78 is 11.1. The number of rotatable bonds is 4. The number of hydrogen-bond acceptors (Lipinski definition) is 4. The molecule has 4 heteroatoms. The summed E-state index contributed by atoms with van der Waals surface area (Å²) in [5, 5.41) is 7.14. The molecule has 2 saturated heterocycles. The van der Waals surface area contributed by atoms with Crippen LogP contribution in [-0.2, 0) is 9.47 Å². The van der Waals surface area contributed by atoms with Gasteiger partial charge in [-0.3, -0.25) is 0 Å². The van der Waals surface area contributed by atoms with E-state index in [-0.39, 0.29) is 0 Å². The minimum Gasteiger partial charge on any atom is -0.382 e. The van der Waals surface area contributed by atoms with E-state index in [0.717, 1.165) is 38.9 Å². The van der Waals surface area contributed by atoms with Crippen LogP contribution in [0.3, 0.4) is 0 Å². The van der Waals surface area contributed by atoms with E-state index in [0.29, 0.717) is 24.3 Å². The third-order valence-corrected chi connectivity index (χ3v) is 5.75. The maximum atomic E-state index is 5.53. The smallest absolute Gasteiger partial charge is 0.0566 e. The molecule has 0 saturated carbocycles. The summed E-state index contributed by atoms with van der Waals surface area (Å²) in [6.45, 7) is 22.3. The van der Waals surface area contributed by atoms with Crippen LogP contribution in [-0.4, -0.2) is 37.5 Å². The van der Waals surface area contributed by atoms with E-state index in [1.54, 1.807) is 0 Å². The van der Waals surface area contributed by atoms with Gasteiger partial charge in [0, 0.05) is 36.7 Å². The van der Waals surface area contributed by atoms with Gasteiger partial charge in [-0.05, 0) is 88.8 Å². The quantitative estimate of drug-likeness (QED) is 0.439. The van der Waals surface area contributed by atoms with Gasteiger partial charge in [0.1, 0.15) is 0 Å². The second kappa shape index (κ2) is 21.1. The summed E-state index contributed by atoms with van der Waals surface area (Å²) in [4.78, 5) is 0. The minimum atomic E-state index is 0.390. The predicted molar refractivity (Wildman–Crippen MR) is 161 cm³/mol. The third kappa shape index (κ3) is 14.5. The van der Waals surface area contributed by atoms with Crippen LogP contribution in [0.1, 0.15) is 92.2 Å². The average molecular weight is 501 g/mol. The molecular formula is C32H56N2O2. The van der Waals surface area contributed by atoms with E-state index in [1.807, 2.05) is 41.5 Å². The molecule has 4 nitrogen and oxygen atoms in total. The van der Waals surface area contributed by atoms with E-state index < -0.39 is 0 Å². The van der Waals surface area contributed by atoms with Gasteiger partial charge >= 0.3 is 0 Å². The zero-order valence-electron chi connectivity index (χ0n) is 25.0. The number of ether oxygens (including phenoxy) is 2. The Kier molecular flexibility index (Phi) is 19.9. The van der Waals surface area contributed by atoms with Gasteiger partial charge in [0.05, 0.1) is 12.2 Å².